The van der Waals surface area contributed by atoms with Crippen LogP contribution < -0.4 is 10.0 Å². The highest BCUT2D eigenvalue weighted by Gasteiger charge is 2.25. The van der Waals surface area contributed by atoms with E-state index in [1.54, 1.807) is 32.9 Å². The van der Waals surface area contributed by atoms with Crippen molar-refractivity contribution < 1.29 is 13.2 Å². The Labute approximate surface area is 175 Å². The molecule has 0 aromatic heterocycles. The van der Waals surface area contributed by atoms with Gasteiger partial charge >= 0.3 is 0 Å². The lowest BCUT2D eigenvalue weighted by molar-refractivity contribution is 0.0762. The maximum absolute atomic E-state index is 13.2. The van der Waals surface area contributed by atoms with Gasteiger partial charge in [-0.2, -0.15) is 0 Å². The molecule has 1 aromatic carbocycles. The van der Waals surface area contributed by atoms with Crippen molar-refractivity contribution in [1.82, 2.24) is 14.5 Å². The number of sulfonamides is 1. The third-order valence-corrected chi connectivity index (χ3v) is 6.36. The Morgan fingerprint density at radius 3 is 2.41 bits per heavy atom. The molecule has 1 amide bonds. The Kier molecular flexibility index (Phi) is 7.70. The Hall–Kier alpha value is -1.64. The number of hydrogen-bond acceptors (Lipinski definition) is 5. The number of anilines is 1. The number of hydrogen-bond donors (Lipinski definition) is 2. The number of likely N-dealkylation sites (N-methyl/N-ethyl adjacent to an activating group) is 1. The average molecular weight is 425 g/mol. The van der Waals surface area contributed by atoms with Gasteiger partial charge in [0.15, 0.2) is 0 Å². The van der Waals surface area contributed by atoms with Gasteiger partial charge in [-0.25, -0.2) is 13.1 Å². The van der Waals surface area contributed by atoms with Crippen molar-refractivity contribution in [1.29, 1.82) is 0 Å². The minimum Gasteiger partial charge on any atom is -0.385 e. The van der Waals surface area contributed by atoms with Crippen molar-refractivity contribution in [3.63, 3.8) is 0 Å². The molecular formula is C21H36N4O3S. The van der Waals surface area contributed by atoms with Crippen LogP contribution in [0.3, 0.4) is 0 Å². The van der Waals surface area contributed by atoms with Crippen LogP contribution in [0.15, 0.2) is 23.1 Å². The fraction of sp³-hybridized carbons (Fsp3) is 0.667. The van der Waals surface area contributed by atoms with E-state index in [-0.39, 0.29) is 10.8 Å². The van der Waals surface area contributed by atoms with Crippen molar-refractivity contribution in [3.8, 4) is 0 Å². The van der Waals surface area contributed by atoms with Gasteiger partial charge in [-0.1, -0.05) is 13.8 Å². The first-order chi connectivity index (χ1) is 13.4. The van der Waals surface area contributed by atoms with Gasteiger partial charge in [0.25, 0.3) is 5.91 Å². The highest BCUT2D eigenvalue weighted by Crippen LogP contribution is 2.22. The van der Waals surface area contributed by atoms with Gasteiger partial charge in [0, 0.05) is 43.0 Å². The summed E-state index contributed by atoms with van der Waals surface area (Å²) >= 11 is 0. The van der Waals surface area contributed by atoms with Crippen LogP contribution in [0, 0.1) is 5.92 Å². The summed E-state index contributed by atoms with van der Waals surface area (Å²) in [6, 6.07) is 4.85. The van der Waals surface area contributed by atoms with Crippen LogP contribution in [-0.4, -0.2) is 69.4 Å². The average Bonchev–Trinajstić information content (AvgIpc) is 2.81. The van der Waals surface area contributed by atoms with Crippen LogP contribution in [-0.2, 0) is 10.0 Å². The van der Waals surface area contributed by atoms with Gasteiger partial charge in [0.05, 0.1) is 4.90 Å². The van der Waals surface area contributed by atoms with Crippen molar-refractivity contribution in [2.75, 3.05) is 45.1 Å². The number of amides is 1. The van der Waals surface area contributed by atoms with Crippen LogP contribution >= 0.6 is 0 Å². The topological polar surface area (TPSA) is 81.8 Å². The van der Waals surface area contributed by atoms with E-state index < -0.39 is 15.6 Å². The normalized spacial score (nSPS) is 16.7. The summed E-state index contributed by atoms with van der Waals surface area (Å²) in [5.74, 6) is 0.268. The first kappa shape index (κ1) is 23.6. The first-order valence-corrected chi connectivity index (χ1v) is 11.8. The molecule has 1 aliphatic rings. The lowest BCUT2D eigenvalue weighted by Gasteiger charge is -2.23. The van der Waals surface area contributed by atoms with E-state index >= 15 is 0 Å². The Morgan fingerprint density at radius 1 is 1.10 bits per heavy atom. The van der Waals surface area contributed by atoms with Gasteiger partial charge in [-0.05, 0) is 64.9 Å². The van der Waals surface area contributed by atoms with E-state index in [0.717, 1.165) is 19.5 Å². The second kappa shape index (κ2) is 9.45. The Balaban J connectivity index is 2.39. The fourth-order valence-corrected chi connectivity index (χ4v) is 4.68. The number of carbonyl (C=O) groups is 1. The number of nitrogens with zero attached hydrogens (tertiary/aromatic N) is 2. The molecule has 0 saturated carbocycles. The van der Waals surface area contributed by atoms with E-state index in [0.29, 0.717) is 36.8 Å². The number of carbonyl (C=O) groups excluding carboxylic acids is 1. The zero-order valence-corrected chi connectivity index (χ0v) is 19.4. The third-order valence-electron chi connectivity index (χ3n) is 4.63. The second-order valence-electron chi connectivity index (χ2n) is 9.33. The summed E-state index contributed by atoms with van der Waals surface area (Å²) in [6.07, 6.45) is 0.907. The van der Waals surface area contributed by atoms with Crippen LogP contribution in [0.2, 0.25) is 0 Å². The monoisotopic (exact) mass is 424 g/mol. The minimum absolute atomic E-state index is 0.108. The molecule has 0 aliphatic carbocycles. The summed E-state index contributed by atoms with van der Waals surface area (Å²) in [5.41, 5.74) is 0.433. The third kappa shape index (κ3) is 7.28. The minimum atomic E-state index is -3.75. The number of rotatable bonds is 6. The van der Waals surface area contributed by atoms with Gasteiger partial charge in [-0.15, -0.1) is 0 Å². The second-order valence-corrected chi connectivity index (χ2v) is 11.0. The molecule has 2 N–H and O–H groups in total. The predicted molar refractivity (Wildman–Crippen MR) is 118 cm³/mol. The summed E-state index contributed by atoms with van der Waals surface area (Å²) in [7, 11) is -1.70. The van der Waals surface area contributed by atoms with Crippen LogP contribution in [0.1, 0.15) is 51.4 Å². The lowest BCUT2D eigenvalue weighted by atomic mass is 10.1. The predicted octanol–water partition coefficient (Wildman–Crippen LogP) is 2.61. The van der Waals surface area contributed by atoms with Crippen LogP contribution in [0.5, 0.6) is 0 Å². The smallest absolute Gasteiger partial charge is 0.254 e. The quantitative estimate of drug-likeness (QED) is 0.734. The molecule has 29 heavy (non-hydrogen) atoms. The molecule has 1 fully saturated rings. The van der Waals surface area contributed by atoms with Crippen molar-refractivity contribution in [2.24, 2.45) is 5.92 Å². The maximum atomic E-state index is 13.2. The molecule has 0 radical (unpaired) electrons. The zero-order chi connectivity index (χ0) is 21.8. The molecule has 0 unspecified atom stereocenters. The van der Waals surface area contributed by atoms with E-state index in [1.807, 2.05) is 11.9 Å². The standard InChI is InChI=1S/C21H36N4O3S/c1-16(2)15-22-18-12-17(20(26)25-9-7-8-24(6)10-11-25)13-19(14-18)29(27,28)23-21(3,4)5/h12-14,16,22-23H,7-11,15H2,1-6H3. The van der Waals surface area contributed by atoms with Gasteiger partial charge < -0.3 is 15.1 Å². The molecule has 8 heteroatoms. The lowest BCUT2D eigenvalue weighted by Crippen LogP contribution is -2.40. The van der Waals surface area contributed by atoms with Crippen molar-refractivity contribution >= 4 is 21.6 Å². The van der Waals surface area contributed by atoms with E-state index in [4.69, 9.17) is 0 Å². The molecule has 7 nitrogen and oxygen atoms in total. The first-order valence-electron chi connectivity index (χ1n) is 10.3. The SMILES string of the molecule is CC(C)CNc1cc(C(=O)N2CCCN(C)CC2)cc(S(=O)(=O)NC(C)(C)C)c1. The zero-order valence-electron chi connectivity index (χ0n) is 18.6. The van der Waals surface area contributed by atoms with Crippen LogP contribution in [0.4, 0.5) is 5.69 Å². The number of nitrogens with one attached hydrogen (secondary N) is 2. The summed E-state index contributed by atoms with van der Waals surface area (Å²) in [4.78, 5) is 17.3. The molecule has 0 bridgehead atoms. The van der Waals surface area contributed by atoms with Gasteiger partial charge in [0.1, 0.15) is 0 Å². The molecule has 164 valence electrons. The highest BCUT2D eigenvalue weighted by molar-refractivity contribution is 7.89. The molecular weight excluding hydrogens is 388 g/mol. The molecule has 1 heterocycles. The highest BCUT2D eigenvalue weighted by atomic mass is 32.2. The Morgan fingerprint density at radius 2 is 1.79 bits per heavy atom. The Bertz CT molecular complexity index is 816. The van der Waals surface area contributed by atoms with Crippen molar-refractivity contribution in [3.05, 3.63) is 23.8 Å². The molecule has 0 atom stereocenters. The summed E-state index contributed by atoms with van der Waals surface area (Å²) in [6.45, 7) is 13.3. The van der Waals surface area contributed by atoms with Gasteiger partial charge in [0.2, 0.25) is 10.0 Å². The number of benzene rings is 1. The van der Waals surface area contributed by atoms with E-state index in [1.165, 1.54) is 6.07 Å². The molecule has 1 saturated heterocycles. The van der Waals surface area contributed by atoms with Crippen LogP contribution in [0.25, 0.3) is 0 Å². The maximum Gasteiger partial charge on any atom is 0.254 e. The summed E-state index contributed by atoms with van der Waals surface area (Å²) < 4.78 is 28.5. The van der Waals surface area contributed by atoms with Gasteiger partial charge in [-0.3, -0.25) is 4.79 Å². The van der Waals surface area contributed by atoms with E-state index in [2.05, 4.69) is 28.8 Å². The van der Waals surface area contributed by atoms with Crippen molar-refractivity contribution in [2.45, 2.75) is 51.5 Å². The molecule has 1 aromatic rings. The summed E-state index contributed by atoms with van der Waals surface area (Å²) in [5, 5.41) is 3.27. The fourth-order valence-electron chi connectivity index (χ4n) is 3.20. The molecule has 0 spiro atoms. The molecule has 2 rings (SSSR count). The largest absolute Gasteiger partial charge is 0.385 e. The van der Waals surface area contributed by atoms with E-state index in [9.17, 15) is 13.2 Å². The molecule has 1 aliphatic heterocycles.